The first-order valence-corrected chi connectivity index (χ1v) is 10.1. The molecule has 1 atom stereocenters. The van der Waals surface area contributed by atoms with Crippen LogP contribution in [0.2, 0.25) is 0 Å². The van der Waals surface area contributed by atoms with Crippen LogP contribution in [0.4, 0.5) is 0 Å². The zero-order chi connectivity index (χ0) is 22.5. The Balaban J connectivity index is 4.87. The van der Waals surface area contributed by atoms with Gasteiger partial charge in [0.25, 0.3) is 0 Å². The van der Waals surface area contributed by atoms with E-state index in [1.807, 2.05) is 13.8 Å². The van der Waals surface area contributed by atoms with Gasteiger partial charge in [0.1, 0.15) is 18.6 Å². The maximum absolute atomic E-state index is 12.6. The summed E-state index contributed by atoms with van der Waals surface area (Å²) >= 11 is 0. The van der Waals surface area contributed by atoms with Gasteiger partial charge in [0.15, 0.2) is 11.6 Å². The minimum atomic E-state index is -1.17. The minimum Gasteiger partial charge on any atom is -0.463 e. The molecule has 0 aromatic heterocycles. The van der Waals surface area contributed by atoms with Gasteiger partial charge in [-0.2, -0.15) is 0 Å². The van der Waals surface area contributed by atoms with Gasteiger partial charge in [0.2, 0.25) is 0 Å². The van der Waals surface area contributed by atoms with Crippen molar-refractivity contribution in [2.45, 2.75) is 72.5 Å². The number of aliphatic imine (C=N–C) groups is 1. The van der Waals surface area contributed by atoms with E-state index in [4.69, 9.17) is 30.4 Å². The first-order chi connectivity index (χ1) is 13.4. The summed E-state index contributed by atoms with van der Waals surface area (Å²) in [5, 5.41) is 0. The number of rotatable bonds is 15. The number of hydrogen-bond acceptors (Lipinski definition) is 7. The van der Waals surface area contributed by atoms with Crippen LogP contribution in [0, 0.1) is 5.41 Å². The summed E-state index contributed by atoms with van der Waals surface area (Å²) in [6.45, 7) is 11.2. The molecule has 0 rings (SSSR count). The van der Waals surface area contributed by atoms with Crippen LogP contribution in [-0.4, -0.2) is 62.6 Å². The quantitative estimate of drug-likeness (QED) is 0.178. The SMILES string of the molecule is CCCCCOC(C)(C)C(=O)OCC(C)(COC(C)C)C(=O)OCCN=C(N)N. The Bertz CT molecular complexity index is 532. The summed E-state index contributed by atoms with van der Waals surface area (Å²) in [5.41, 5.74) is 8.22. The van der Waals surface area contributed by atoms with Crippen LogP contribution < -0.4 is 11.5 Å². The van der Waals surface area contributed by atoms with Crippen molar-refractivity contribution in [1.82, 2.24) is 0 Å². The minimum absolute atomic E-state index is 0.00792. The normalized spacial score (nSPS) is 13.6. The van der Waals surface area contributed by atoms with Crippen molar-refractivity contribution in [3.05, 3.63) is 0 Å². The number of esters is 2. The van der Waals surface area contributed by atoms with Crippen LogP contribution in [0.15, 0.2) is 4.99 Å². The molecule has 170 valence electrons. The van der Waals surface area contributed by atoms with Gasteiger partial charge in [-0.25, -0.2) is 4.79 Å². The Kier molecular flexibility index (Phi) is 12.5. The average molecular weight is 418 g/mol. The Morgan fingerprint density at radius 3 is 2.17 bits per heavy atom. The maximum Gasteiger partial charge on any atom is 0.337 e. The summed E-state index contributed by atoms with van der Waals surface area (Å²) in [4.78, 5) is 28.8. The monoisotopic (exact) mass is 417 g/mol. The molecule has 4 N–H and O–H groups in total. The van der Waals surface area contributed by atoms with Crippen LogP contribution in [0.1, 0.15) is 60.8 Å². The van der Waals surface area contributed by atoms with Gasteiger partial charge in [0, 0.05) is 6.61 Å². The Morgan fingerprint density at radius 2 is 1.62 bits per heavy atom. The molecule has 0 aromatic carbocycles. The smallest absolute Gasteiger partial charge is 0.337 e. The van der Waals surface area contributed by atoms with Gasteiger partial charge in [-0.3, -0.25) is 9.79 Å². The van der Waals surface area contributed by atoms with E-state index < -0.39 is 23.0 Å². The van der Waals surface area contributed by atoms with Gasteiger partial charge in [-0.15, -0.1) is 0 Å². The van der Waals surface area contributed by atoms with Gasteiger partial charge in [-0.1, -0.05) is 19.8 Å². The second-order valence-electron chi connectivity index (χ2n) is 8.00. The van der Waals surface area contributed by atoms with Crippen molar-refractivity contribution in [3.8, 4) is 0 Å². The predicted molar refractivity (Wildman–Crippen MR) is 111 cm³/mol. The van der Waals surface area contributed by atoms with Gasteiger partial charge in [0.05, 0.1) is 19.3 Å². The number of hydrogen-bond donors (Lipinski definition) is 2. The average Bonchev–Trinajstić information content (AvgIpc) is 2.64. The molecule has 0 saturated carbocycles. The zero-order valence-electron chi connectivity index (χ0n) is 18.8. The lowest BCUT2D eigenvalue weighted by molar-refractivity contribution is -0.179. The van der Waals surface area contributed by atoms with Gasteiger partial charge < -0.3 is 30.4 Å². The summed E-state index contributed by atoms with van der Waals surface area (Å²) < 4.78 is 21.9. The molecule has 0 saturated heterocycles. The van der Waals surface area contributed by atoms with E-state index in [0.29, 0.717) is 6.61 Å². The fraction of sp³-hybridized carbons (Fsp3) is 0.850. The standard InChI is InChI=1S/C20H39N3O6/c1-7-8-9-11-29-19(4,5)16(24)28-14-20(6,13-27-15(2)3)17(25)26-12-10-23-18(21)22/h15H,7-14H2,1-6H3,(H4,21,22,23). The van der Waals surface area contributed by atoms with E-state index in [9.17, 15) is 9.59 Å². The third kappa shape index (κ3) is 11.7. The summed E-state index contributed by atoms with van der Waals surface area (Å²) in [6.07, 6.45) is 2.86. The molecule has 1 unspecified atom stereocenters. The van der Waals surface area contributed by atoms with Gasteiger partial charge >= 0.3 is 11.9 Å². The molecular formula is C20H39N3O6. The lowest BCUT2D eigenvalue weighted by atomic mass is 9.93. The summed E-state index contributed by atoms with van der Waals surface area (Å²) in [6, 6.07) is 0. The Morgan fingerprint density at radius 1 is 0.966 bits per heavy atom. The van der Waals surface area contributed by atoms with Crippen molar-refractivity contribution in [2.24, 2.45) is 21.9 Å². The Hall–Kier alpha value is -1.87. The van der Waals surface area contributed by atoms with E-state index in [1.165, 1.54) is 0 Å². The molecule has 0 aromatic rings. The highest BCUT2D eigenvalue weighted by Gasteiger charge is 2.40. The lowest BCUT2D eigenvalue weighted by Crippen LogP contribution is -2.44. The summed E-state index contributed by atoms with van der Waals surface area (Å²) in [5.74, 6) is -1.18. The van der Waals surface area contributed by atoms with Crippen molar-refractivity contribution < 1.29 is 28.5 Å². The van der Waals surface area contributed by atoms with Crippen LogP contribution in [-0.2, 0) is 28.5 Å². The van der Waals surface area contributed by atoms with Crippen LogP contribution in [0.3, 0.4) is 0 Å². The highest BCUT2D eigenvalue weighted by molar-refractivity contribution is 5.80. The van der Waals surface area contributed by atoms with Gasteiger partial charge in [-0.05, 0) is 41.0 Å². The molecule has 0 amide bonds. The first-order valence-electron chi connectivity index (χ1n) is 10.1. The molecule has 0 aliphatic carbocycles. The highest BCUT2D eigenvalue weighted by atomic mass is 16.6. The lowest BCUT2D eigenvalue weighted by Gasteiger charge is -2.30. The predicted octanol–water partition coefficient (Wildman–Crippen LogP) is 1.76. The molecule has 29 heavy (non-hydrogen) atoms. The number of guanidine groups is 1. The van der Waals surface area contributed by atoms with E-state index in [2.05, 4.69) is 11.9 Å². The number of nitrogens with two attached hydrogens (primary N) is 2. The van der Waals surface area contributed by atoms with E-state index in [0.717, 1.165) is 19.3 Å². The van der Waals surface area contributed by atoms with Crippen molar-refractivity contribution in [1.29, 1.82) is 0 Å². The third-order valence-corrected chi connectivity index (χ3v) is 4.07. The fourth-order valence-corrected chi connectivity index (χ4v) is 2.13. The number of ether oxygens (including phenoxy) is 4. The molecule has 0 bridgehead atoms. The molecule has 0 heterocycles. The number of carbonyl (C=O) groups excluding carboxylic acids is 2. The van der Waals surface area contributed by atoms with E-state index in [-0.39, 0.29) is 38.4 Å². The molecule has 0 radical (unpaired) electrons. The molecule has 0 fully saturated rings. The van der Waals surface area contributed by atoms with E-state index in [1.54, 1.807) is 20.8 Å². The second kappa shape index (κ2) is 13.4. The molecule has 0 aliphatic rings. The maximum atomic E-state index is 12.6. The number of carbonyl (C=O) groups is 2. The molecule has 9 nitrogen and oxygen atoms in total. The molecule has 0 spiro atoms. The van der Waals surface area contributed by atoms with Crippen molar-refractivity contribution in [2.75, 3.05) is 33.0 Å². The van der Waals surface area contributed by atoms with Crippen LogP contribution >= 0.6 is 0 Å². The summed E-state index contributed by atoms with van der Waals surface area (Å²) in [7, 11) is 0. The van der Waals surface area contributed by atoms with E-state index >= 15 is 0 Å². The van der Waals surface area contributed by atoms with Crippen molar-refractivity contribution in [3.63, 3.8) is 0 Å². The number of nitrogens with zero attached hydrogens (tertiary/aromatic N) is 1. The third-order valence-electron chi connectivity index (χ3n) is 4.07. The molecular weight excluding hydrogens is 378 g/mol. The zero-order valence-corrected chi connectivity index (χ0v) is 18.8. The van der Waals surface area contributed by atoms with Crippen molar-refractivity contribution >= 4 is 17.9 Å². The van der Waals surface area contributed by atoms with Crippen LogP contribution in [0.25, 0.3) is 0 Å². The number of unbranched alkanes of at least 4 members (excludes halogenated alkanes) is 2. The highest BCUT2D eigenvalue weighted by Crippen LogP contribution is 2.23. The largest absolute Gasteiger partial charge is 0.463 e. The second-order valence-corrected chi connectivity index (χ2v) is 8.00. The first kappa shape index (κ1) is 27.1. The fourth-order valence-electron chi connectivity index (χ4n) is 2.13. The molecule has 9 heteroatoms. The Labute approximate surface area is 174 Å². The molecule has 0 aliphatic heterocycles. The topological polar surface area (TPSA) is 135 Å². The van der Waals surface area contributed by atoms with Crippen LogP contribution in [0.5, 0.6) is 0 Å².